The summed E-state index contributed by atoms with van der Waals surface area (Å²) in [5.74, 6) is 0.914. The summed E-state index contributed by atoms with van der Waals surface area (Å²) in [7, 11) is 0. The topological polar surface area (TPSA) is 61.4 Å². The minimum atomic E-state index is -4.36. The lowest BCUT2D eigenvalue weighted by Crippen LogP contribution is -2.39. The molecule has 3 aromatic rings. The van der Waals surface area contributed by atoms with Crippen LogP contribution >= 0.6 is 0 Å². The van der Waals surface area contributed by atoms with Crippen LogP contribution in [0, 0.1) is 0 Å². The number of morpholine rings is 1. The summed E-state index contributed by atoms with van der Waals surface area (Å²) in [6.45, 7) is 2.23. The predicted molar refractivity (Wildman–Crippen MR) is 101 cm³/mol. The monoisotopic (exact) mass is 403 g/mol. The Bertz CT molecular complexity index is 970. The lowest BCUT2D eigenvalue weighted by atomic mass is 10.1. The number of nitrogens with zero attached hydrogens (tertiary/aromatic N) is 2. The summed E-state index contributed by atoms with van der Waals surface area (Å²) in [4.78, 5) is 9.81. The number of aromatic hydroxyl groups is 1. The number of phenols is 1. The highest BCUT2D eigenvalue weighted by atomic mass is 19.4. The Balaban J connectivity index is 1.54. The van der Waals surface area contributed by atoms with E-state index >= 15 is 0 Å². The standard InChI is InChI=1S/C21H20F3N3O2/c22-21(23,24)16-7-5-14(6-8-16)17-11-25-20(26-17)18-13-29-10-9-27(18)12-15-3-1-2-4-19(15)28/h1-8,11,18,28H,9-10,12-13H2,(H,25,26). The maximum Gasteiger partial charge on any atom is 0.416 e. The summed E-state index contributed by atoms with van der Waals surface area (Å²) in [5.41, 5.74) is 1.40. The lowest BCUT2D eigenvalue weighted by molar-refractivity contribution is -0.137. The van der Waals surface area contributed by atoms with Crippen molar-refractivity contribution >= 4 is 0 Å². The Kier molecular flexibility index (Phi) is 5.29. The van der Waals surface area contributed by atoms with Crippen molar-refractivity contribution in [3.05, 3.63) is 71.7 Å². The van der Waals surface area contributed by atoms with Crippen LogP contribution in [0.2, 0.25) is 0 Å². The van der Waals surface area contributed by atoms with Gasteiger partial charge in [-0.2, -0.15) is 13.2 Å². The number of aromatic nitrogens is 2. The molecule has 4 rings (SSSR count). The molecule has 0 bridgehead atoms. The Labute approximate surface area is 165 Å². The minimum Gasteiger partial charge on any atom is -0.508 e. The molecule has 8 heteroatoms. The molecule has 5 nitrogen and oxygen atoms in total. The van der Waals surface area contributed by atoms with Crippen LogP contribution in [0.15, 0.2) is 54.7 Å². The van der Waals surface area contributed by atoms with Gasteiger partial charge >= 0.3 is 6.18 Å². The van der Waals surface area contributed by atoms with E-state index < -0.39 is 11.7 Å². The molecule has 2 N–H and O–H groups in total. The van der Waals surface area contributed by atoms with E-state index in [-0.39, 0.29) is 11.8 Å². The second-order valence-corrected chi connectivity index (χ2v) is 6.95. The molecule has 0 spiro atoms. The lowest BCUT2D eigenvalue weighted by Gasteiger charge is -2.34. The van der Waals surface area contributed by atoms with Crippen LogP contribution in [0.3, 0.4) is 0 Å². The van der Waals surface area contributed by atoms with Crippen LogP contribution in [-0.2, 0) is 17.5 Å². The van der Waals surface area contributed by atoms with Gasteiger partial charge in [0.25, 0.3) is 0 Å². The molecule has 0 saturated carbocycles. The van der Waals surface area contributed by atoms with Gasteiger partial charge in [0.15, 0.2) is 0 Å². The first-order chi connectivity index (χ1) is 13.9. The first-order valence-corrected chi connectivity index (χ1v) is 9.23. The molecule has 1 saturated heterocycles. The molecule has 1 aliphatic rings. The summed E-state index contributed by atoms with van der Waals surface area (Å²) in [6, 6.07) is 12.0. The van der Waals surface area contributed by atoms with Crippen molar-refractivity contribution in [1.29, 1.82) is 0 Å². The van der Waals surface area contributed by atoms with E-state index in [1.54, 1.807) is 18.3 Å². The normalized spacial score (nSPS) is 18.1. The SMILES string of the molecule is Oc1ccccc1CN1CCOCC1c1ncc(-c2ccc(C(F)(F)F)cc2)[nH]1. The van der Waals surface area contributed by atoms with Crippen molar-refractivity contribution < 1.29 is 23.0 Å². The maximum absolute atomic E-state index is 12.8. The zero-order valence-electron chi connectivity index (χ0n) is 15.5. The summed E-state index contributed by atoms with van der Waals surface area (Å²) in [6.07, 6.45) is -2.74. The third-order valence-electron chi connectivity index (χ3n) is 5.04. The molecule has 1 aliphatic heterocycles. The van der Waals surface area contributed by atoms with Gasteiger partial charge in [0, 0.05) is 18.7 Å². The van der Waals surface area contributed by atoms with E-state index in [2.05, 4.69) is 14.9 Å². The molecule has 0 amide bonds. The first kappa shape index (κ1) is 19.5. The molecular formula is C21H20F3N3O2. The van der Waals surface area contributed by atoms with Crippen LogP contribution in [0.5, 0.6) is 5.75 Å². The molecule has 2 aromatic carbocycles. The van der Waals surface area contributed by atoms with E-state index in [1.807, 2.05) is 12.1 Å². The number of halogens is 3. The van der Waals surface area contributed by atoms with Crippen LogP contribution < -0.4 is 0 Å². The number of hydrogen-bond acceptors (Lipinski definition) is 4. The van der Waals surface area contributed by atoms with Gasteiger partial charge in [0.1, 0.15) is 11.6 Å². The second kappa shape index (κ2) is 7.88. The van der Waals surface area contributed by atoms with Crippen molar-refractivity contribution in [2.45, 2.75) is 18.8 Å². The molecule has 0 radical (unpaired) electrons. The number of alkyl halides is 3. The van der Waals surface area contributed by atoms with Gasteiger partial charge in [0.2, 0.25) is 0 Å². The molecule has 1 atom stereocenters. The average Bonchev–Trinajstić information content (AvgIpc) is 3.20. The van der Waals surface area contributed by atoms with E-state index in [0.29, 0.717) is 43.4 Å². The van der Waals surface area contributed by atoms with Crippen molar-refractivity contribution in [1.82, 2.24) is 14.9 Å². The van der Waals surface area contributed by atoms with Gasteiger partial charge < -0.3 is 14.8 Å². The molecule has 152 valence electrons. The van der Waals surface area contributed by atoms with Gasteiger partial charge in [-0.25, -0.2) is 4.98 Å². The number of aromatic amines is 1. The maximum atomic E-state index is 12.8. The van der Waals surface area contributed by atoms with Crippen LogP contribution in [0.25, 0.3) is 11.3 Å². The smallest absolute Gasteiger partial charge is 0.416 e. The number of imidazole rings is 1. The van der Waals surface area contributed by atoms with Crippen molar-refractivity contribution in [3.63, 3.8) is 0 Å². The fourth-order valence-corrected chi connectivity index (χ4v) is 3.43. The number of benzene rings is 2. The third-order valence-corrected chi connectivity index (χ3v) is 5.04. The highest BCUT2D eigenvalue weighted by Gasteiger charge is 2.30. The Hall–Kier alpha value is -2.84. The van der Waals surface area contributed by atoms with Gasteiger partial charge in [-0.15, -0.1) is 0 Å². The Morgan fingerprint density at radius 3 is 2.62 bits per heavy atom. The van der Waals surface area contributed by atoms with Crippen molar-refractivity contribution in [2.24, 2.45) is 0 Å². The van der Waals surface area contributed by atoms with E-state index in [1.165, 1.54) is 12.1 Å². The van der Waals surface area contributed by atoms with E-state index in [4.69, 9.17) is 4.74 Å². The fraction of sp³-hybridized carbons (Fsp3) is 0.286. The molecular weight excluding hydrogens is 383 g/mol. The average molecular weight is 403 g/mol. The fourth-order valence-electron chi connectivity index (χ4n) is 3.43. The third kappa shape index (κ3) is 4.28. The number of para-hydroxylation sites is 1. The molecule has 1 unspecified atom stereocenters. The van der Waals surface area contributed by atoms with Crippen molar-refractivity contribution in [2.75, 3.05) is 19.8 Å². The second-order valence-electron chi connectivity index (χ2n) is 6.95. The van der Waals surface area contributed by atoms with E-state index in [0.717, 1.165) is 17.7 Å². The highest BCUT2D eigenvalue weighted by Crippen LogP contribution is 2.32. The van der Waals surface area contributed by atoms with Gasteiger partial charge in [0.05, 0.1) is 36.7 Å². The van der Waals surface area contributed by atoms with Gasteiger partial charge in [-0.05, 0) is 23.8 Å². The highest BCUT2D eigenvalue weighted by molar-refractivity contribution is 5.59. The number of ether oxygens (including phenoxy) is 1. The quantitative estimate of drug-likeness (QED) is 0.679. The predicted octanol–water partition coefficient (Wildman–Crippen LogP) is 4.37. The van der Waals surface area contributed by atoms with E-state index in [9.17, 15) is 18.3 Å². The minimum absolute atomic E-state index is 0.147. The first-order valence-electron chi connectivity index (χ1n) is 9.23. The number of hydrogen-bond donors (Lipinski definition) is 2. The molecule has 1 fully saturated rings. The number of H-pyrrole nitrogens is 1. The number of phenolic OH excluding ortho intramolecular Hbond substituents is 1. The van der Waals surface area contributed by atoms with Crippen molar-refractivity contribution in [3.8, 4) is 17.0 Å². The molecule has 29 heavy (non-hydrogen) atoms. The van der Waals surface area contributed by atoms with Crippen LogP contribution in [0.4, 0.5) is 13.2 Å². The van der Waals surface area contributed by atoms with Gasteiger partial charge in [-0.1, -0.05) is 30.3 Å². The number of nitrogens with one attached hydrogen (secondary N) is 1. The summed E-state index contributed by atoms with van der Waals surface area (Å²) >= 11 is 0. The zero-order valence-corrected chi connectivity index (χ0v) is 15.5. The molecule has 2 heterocycles. The largest absolute Gasteiger partial charge is 0.508 e. The van der Waals surface area contributed by atoms with Crippen LogP contribution in [-0.4, -0.2) is 39.7 Å². The number of rotatable bonds is 4. The Morgan fingerprint density at radius 1 is 1.14 bits per heavy atom. The summed E-state index contributed by atoms with van der Waals surface area (Å²) < 4.78 is 43.9. The molecule has 1 aromatic heterocycles. The molecule has 0 aliphatic carbocycles. The zero-order chi connectivity index (χ0) is 20.4. The summed E-state index contributed by atoms with van der Waals surface area (Å²) in [5, 5.41) is 10.1. The van der Waals surface area contributed by atoms with Crippen LogP contribution in [0.1, 0.15) is 23.0 Å². The Morgan fingerprint density at radius 2 is 1.90 bits per heavy atom. The van der Waals surface area contributed by atoms with Gasteiger partial charge in [-0.3, -0.25) is 4.90 Å².